The fourth-order valence-electron chi connectivity index (χ4n) is 3.03. The molecule has 0 aliphatic rings. The Bertz CT molecular complexity index is 1370. The van der Waals surface area contributed by atoms with Crippen molar-refractivity contribution >= 4 is 56.8 Å². The van der Waals surface area contributed by atoms with E-state index < -0.39 is 0 Å². The molecule has 0 bridgehead atoms. The second-order valence-corrected chi connectivity index (χ2v) is 8.28. The van der Waals surface area contributed by atoms with Crippen molar-refractivity contribution in [3.63, 3.8) is 0 Å². The Morgan fingerprint density at radius 2 is 1.70 bits per heavy atom. The molecule has 30 heavy (non-hydrogen) atoms. The summed E-state index contributed by atoms with van der Waals surface area (Å²) in [4.78, 5) is 37.2. The van der Waals surface area contributed by atoms with Crippen LogP contribution in [0.15, 0.2) is 51.1 Å². The van der Waals surface area contributed by atoms with Crippen LogP contribution in [0.5, 0.6) is 0 Å². The van der Waals surface area contributed by atoms with E-state index in [9.17, 15) is 9.59 Å². The Morgan fingerprint density at radius 3 is 2.40 bits per heavy atom. The highest BCUT2D eigenvalue weighted by atomic mass is 35.5. The Morgan fingerprint density at radius 1 is 1.03 bits per heavy atom. The first-order valence-corrected chi connectivity index (χ1v) is 10.7. The van der Waals surface area contributed by atoms with Gasteiger partial charge in [-0.2, -0.15) is 0 Å². The van der Waals surface area contributed by atoms with Crippen molar-refractivity contribution in [3.8, 4) is 0 Å². The number of hydrogen-bond donors (Lipinski definition) is 1. The van der Waals surface area contributed by atoms with Gasteiger partial charge in [0.05, 0.1) is 40.7 Å². The molecule has 0 aliphatic heterocycles. The van der Waals surface area contributed by atoms with Crippen LogP contribution < -0.4 is 11.1 Å². The first kappa shape index (κ1) is 20.9. The molecule has 4 aromatic rings. The van der Waals surface area contributed by atoms with Crippen molar-refractivity contribution in [2.75, 3.05) is 13.7 Å². The molecule has 0 amide bonds. The summed E-state index contributed by atoms with van der Waals surface area (Å²) in [5, 5.41) is 2.43. The van der Waals surface area contributed by atoms with Gasteiger partial charge in [-0.1, -0.05) is 35.0 Å². The minimum Gasteiger partial charge on any atom is -0.383 e. The number of benzene rings is 2. The maximum Gasteiger partial charge on any atom is 0.262 e. The number of fused-ring (bicyclic) bond motifs is 2. The van der Waals surface area contributed by atoms with Crippen molar-refractivity contribution in [1.29, 1.82) is 0 Å². The average Bonchev–Trinajstić information content (AvgIpc) is 2.71. The van der Waals surface area contributed by atoms with Crippen molar-refractivity contribution < 1.29 is 4.74 Å². The van der Waals surface area contributed by atoms with Crippen LogP contribution >= 0.6 is 35.0 Å². The highest BCUT2D eigenvalue weighted by molar-refractivity contribution is 7.98. The highest BCUT2D eigenvalue weighted by Gasteiger charge is 2.13. The van der Waals surface area contributed by atoms with Crippen LogP contribution in [0.4, 0.5) is 0 Å². The van der Waals surface area contributed by atoms with E-state index in [1.54, 1.807) is 48.1 Å². The van der Waals surface area contributed by atoms with E-state index in [-0.39, 0.29) is 11.1 Å². The molecule has 2 aromatic heterocycles. The molecule has 4 rings (SSSR count). The molecular weight excluding hydrogens is 447 g/mol. The predicted octanol–water partition coefficient (Wildman–Crippen LogP) is 3.88. The maximum atomic E-state index is 13.0. The summed E-state index contributed by atoms with van der Waals surface area (Å²) in [5.41, 5.74) is 0.595. The maximum absolute atomic E-state index is 13.0. The van der Waals surface area contributed by atoms with Crippen LogP contribution in [0.25, 0.3) is 21.8 Å². The third kappa shape index (κ3) is 4.22. The summed E-state index contributed by atoms with van der Waals surface area (Å²) in [7, 11) is 1.57. The molecule has 7 nitrogen and oxygen atoms in total. The van der Waals surface area contributed by atoms with Crippen LogP contribution in [0.2, 0.25) is 10.0 Å². The summed E-state index contributed by atoms with van der Waals surface area (Å²) in [6, 6.07) is 9.91. The van der Waals surface area contributed by atoms with E-state index >= 15 is 0 Å². The molecule has 0 radical (unpaired) electrons. The minimum absolute atomic E-state index is 0.178. The number of aromatic nitrogens is 4. The molecule has 0 saturated carbocycles. The van der Waals surface area contributed by atoms with Crippen molar-refractivity contribution in [3.05, 3.63) is 73.0 Å². The Hall–Kier alpha value is -2.39. The molecule has 0 unspecified atom stereocenters. The third-order valence-corrected chi connectivity index (χ3v) is 5.91. The molecule has 0 saturated heterocycles. The third-order valence-electron chi connectivity index (χ3n) is 4.46. The number of ether oxygens (including phenoxy) is 1. The molecule has 2 heterocycles. The highest BCUT2D eigenvalue weighted by Crippen LogP contribution is 2.23. The van der Waals surface area contributed by atoms with E-state index in [4.69, 9.17) is 27.9 Å². The van der Waals surface area contributed by atoms with Crippen molar-refractivity contribution in [2.45, 2.75) is 17.5 Å². The quantitative estimate of drug-likeness (QED) is 0.345. The number of H-pyrrole nitrogens is 1. The molecule has 2 aromatic carbocycles. The lowest BCUT2D eigenvalue weighted by molar-refractivity contribution is 0.183. The Balaban J connectivity index is 1.73. The van der Waals surface area contributed by atoms with Gasteiger partial charge in [-0.15, -0.1) is 0 Å². The summed E-state index contributed by atoms with van der Waals surface area (Å²) in [6.45, 7) is 0.707. The molecule has 154 valence electrons. The number of halogens is 2. The van der Waals surface area contributed by atoms with Crippen LogP contribution in [0.3, 0.4) is 0 Å². The molecule has 0 atom stereocenters. The van der Waals surface area contributed by atoms with E-state index in [1.165, 1.54) is 11.8 Å². The van der Waals surface area contributed by atoms with E-state index in [2.05, 4.69) is 15.0 Å². The van der Waals surface area contributed by atoms with E-state index in [0.717, 1.165) is 0 Å². The number of thioether (sulfide) groups is 1. The summed E-state index contributed by atoms with van der Waals surface area (Å²) < 4.78 is 6.69. The zero-order valence-corrected chi connectivity index (χ0v) is 18.1. The van der Waals surface area contributed by atoms with Gasteiger partial charge in [0.2, 0.25) is 0 Å². The largest absolute Gasteiger partial charge is 0.383 e. The van der Waals surface area contributed by atoms with Gasteiger partial charge < -0.3 is 9.72 Å². The van der Waals surface area contributed by atoms with Crippen LogP contribution in [-0.4, -0.2) is 33.2 Å². The zero-order valence-electron chi connectivity index (χ0n) is 15.8. The number of methoxy groups -OCH3 is 1. The fourth-order valence-corrected chi connectivity index (χ4v) is 4.25. The molecular formula is C20H16Cl2N4O3S. The Kier molecular flexibility index (Phi) is 6.10. The monoisotopic (exact) mass is 462 g/mol. The summed E-state index contributed by atoms with van der Waals surface area (Å²) >= 11 is 13.4. The molecule has 1 N–H and O–H groups in total. The number of nitrogens with zero attached hydrogens (tertiary/aromatic N) is 3. The second kappa shape index (κ2) is 8.77. The zero-order chi connectivity index (χ0) is 21.3. The van der Waals surface area contributed by atoms with Crippen LogP contribution in [0.1, 0.15) is 5.82 Å². The molecule has 0 spiro atoms. The van der Waals surface area contributed by atoms with Crippen molar-refractivity contribution in [2.24, 2.45) is 0 Å². The van der Waals surface area contributed by atoms with E-state index in [1.807, 2.05) is 0 Å². The fraction of sp³-hybridized carbons (Fsp3) is 0.200. The molecule has 0 aliphatic carbocycles. The minimum atomic E-state index is -0.248. The first-order valence-electron chi connectivity index (χ1n) is 8.96. The number of nitrogens with one attached hydrogen (secondary N) is 1. The SMILES string of the molecule is COCCn1c(SCc2nc3cc(Cl)ccc3c(=O)[nH]2)nc2cc(Cl)ccc2c1=O. The number of aromatic amines is 1. The lowest BCUT2D eigenvalue weighted by atomic mass is 10.2. The van der Waals surface area contributed by atoms with Gasteiger partial charge in [-0.3, -0.25) is 14.2 Å². The summed E-state index contributed by atoms with van der Waals surface area (Å²) in [6.07, 6.45) is 0. The van der Waals surface area contributed by atoms with Gasteiger partial charge >= 0.3 is 0 Å². The first-order chi connectivity index (χ1) is 14.5. The van der Waals surface area contributed by atoms with Crippen LogP contribution in [-0.2, 0) is 17.0 Å². The summed E-state index contributed by atoms with van der Waals surface area (Å²) in [5.74, 6) is 0.766. The Labute approximate surface area is 185 Å². The van der Waals surface area contributed by atoms with Crippen LogP contribution in [0, 0.1) is 0 Å². The van der Waals surface area contributed by atoms with Gasteiger partial charge in [0.25, 0.3) is 11.1 Å². The van der Waals surface area contributed by atoms with E-state index in [0.29, 0.717) is 61.7 Å². The normalized spacial score (nSPS) is 11.4. The standard InChI is InChI=1S/C20H16Cl2N4O3S/c1-29-7-6-26-19(28)14-5-3-12(22)9-16(14)24-20(26)30-10-17-23-15-8-11(21)2-4-13(15)18(27)25-17/h2-5,8-9H,6-7,10H2,1H3,(H,23,25,27). The van der Waals surface area contributed by atoms with Crippen molar-refractivity contribution in [1.82, 2.24) is 19.5 Å². The smallest absolute Gasteiger partial charge is 0.262 e. The molecule has 0 fully saturated rings. The second-order valence-electron chi connectivity index (χ2n) is 6.47. The number of rotatable bonds is 6. The lowest BCUT2D eigenvalue weighted by Gasteiger charge is -2.13. The topological polar surface area (TPSA) is 89.9 Å². The van der Waals surface area contributed by atoms with Gasteiger partial charge in [-0.05, 0) is 36.4 Å². The van der Waals surface area contributed by atoms with Gasteiger partial charge in [0.1, 0.15) is 5.82 Å². The van der Waals surface area contributed by atoms with Gasteiger partial charge in [0.15, 0.2) is 5.16 Å². The number of hydrogen-bond acceptors (Lipinski definition) is 6. The average molecular weight is 463 g/mol. The van der Waals surface area contributed by atoms with Gasteiger partial charge in [-0.25, -0.2) is 9.97 Å². The predicted molar refractivity (Wildman–Crippen MR) is 120 cm³/mol. The van der Waals surface area contributed by atoms with Gasteiger partial charge in [0, 0.05) is 17.2 Å². The molecule has 10 heteroatoms. The lowest BCUT2D eigenvalue weighted by Crippen LogP contribution is -2.25.